The molecule has 0 aliphatic heterocycles. The molecule has 0 heterocycles. The Morgan fingerprint density at radius 2 is 2.07 bits per heavy atom. The maximum absolute atomic E-state index is 11.2. The Bertz CT molecular complexity index is 187. The predicted molar refractivity (Wildman–Crippen MR) is 53.0 cm³/mol. The predicted octanol–water partition coefficient (Wildman–Crippen LogP) is 1.35. The van der Waals surface area contributed by atoms with E-state index in [-0.39, 0.29) is 12.6 Å². The maximum Gasteiger partial charge on any atom is 0.434 e. The molecule has 5 nitrogen and oxygen atoms in total. The molecule has 14 heavy (non-hydrogen) atoms. The lowest BCUT2D eigenvalue weighted by Crippen LogP contribution is -2.36. The fraction of sp³-hybridized carbons (Fsp3) is 0.889. The number of hydrogen-bond acceptors (Lipinski definition) is 4. The van der Waals surface area contributed by atoms with Crippen molar-refractivity contribution in [2.45, 2.75) is 45.8 Å². The molecular formula is C9H20N2O3. The zero-order valence-electron chi connectivity index (χ0n) is 9.28. The zero-order chi connectivity index (χ0) is 11.4. The van der Waals surface area contributed by atoms with Crippen molar-refractivity contribution in [3.63, 3.8) is 0 Å². The summed E-state index contributed by atoms with van der Waals surface area (Å²) in [6.07, 6.45) is -0.200. The van der Waals surface area contributed by atoms with E-state index in [1.807, 2.05) is 6.92 Å². The highest BCUT2D eigenvalue weighted by Gasteiger charge is 2.20. The monoisotopic (exact) mass is 204 g/mol. The van der Waals surface area contributed by atoms with Gasteiger partial charge in [-0.15, -0.1) is 0 Å². The van der Waals surface area contributed by atoms with Crippen molar-refractivity contribution in [2.24, 2.45) is 5.73 Å². The van der Waals surface area contributed by atoms with E-state index in [0.29, 0.717) is 11.5 Å². The first kappa shape index (κ1) is 13.2. The Hall–Kier alpha value is -0.810. The molecule has 1 atom stereocenters. The summed E-state index contributed by atoms with van der Waals surface area (Å²) in [6.45, 7) is 7.22. The molecule has 1 amide bonds. The number of hydroxylamine groups is 2. The molecule has 0 spiro atoms. The average Bonchev–Trinajstić information content (AvgIpc) is 1.96. The standard InChI is InChI=1S/C9H20N2O3/c1-7(10)5-6-11(13)8(12)14-9(2,3)4/h7,13H,5-6,10H2,1-4H3. The molecular weight excluding hydrogens is 184 g/mol. The van der Waals surface area contributed by atoms with Gasteiger partial charge in [-0.25, -0.2) is 4.79 Å². The molecule has 5 heteroatoms. The van der Waals surface area contributed by atoms with Crippen molar-refractivity contribution >= 4 is 6.09 Å². The molecule has 0 fully saturated rings. The second kappa shape index (κ2) is 5.17. The van der Waals surface area contributed by atoms with E-state index in [4.69, 9.17) is 10.5 Å². The van der Waals surface area contributed by atoms with Crippen LogP contribution in [-0.2, 0) is 4.74 Å². The summed E-state index contributed by atoms with van der Waals surface area (Å²) in [5.41, 5.74) is 4.89. The Morgan fingerprint density at radius 1 is 1.57 bits per heavy atom. The van der Waals surface area contributed by atoms with Gasteiger partial charge in [0.2, 0.25) is 0 Å². The molecule has 0 aromatic rings. The van der Waals surface area contributed by atoms with Gasteiger partial charge in [0.25, 0.3) is 0 Å². The molecule has 0 aromatic heterocycles. The van der Waals surface area contributed by atoms with Gasteiger partial charge in [0.05, 0.1) is 6.54 Å². The molecule has 0 saturated carbocycles. The molecule has 0 aliphatic rings. The van der Waals surface area contributed by atoms with Crippen LogP contribution in [0.2, 0.25) is 0 Å². The molecule has 0 radical (unpaired) electrons. The van der Waals surface area contributed by atoms with Crippen LogP contribution in [0.25, 0.3) is 0 Å². The normalized spacial score (nSPS) is 13.6. The lowest BCUT2D eigenvalue weighted by molar-refractivity contribution is -0.0946. The number of nitrogens with two attached hydrogens (primary N) is 1. The highest BCUT2D eigenvalue weighted by Crippen LogP contribution is 2.09. The fourth-order valence-electron chi connectivity index (χ4n) is 0.732. The van der Waals surface area contributed by atoms with E-state index >= 15 is 0 Å². The van der Waals surface area contributed by atoms with E-state index in [0.717, 1.165) is 0 Å². The Balaban J connectivity index is 3.88. The molecule has 0 rings (SSSR count). The van der Waals surface area contributed by atoms with Gasteiger partial charge in [-0.1, -0.05) is 0 Å². The van der Waals surface area contributed by atoms with Crippen molar-refractivity contribution in [1.29, 1.82) is 0 Å². The molecule has 0 aliphatic carbocycles. The summed E-state index contributed by atoms with van der Waals surface area (Å²) in [7, 11) is 0. The topological polar surface area (TPSA) is 75.8 Å². The zero-order valence-corrected chi connectivity index (χ0v) is 9.28. The van der Waals surface area contributed by atoms with Crippen molar-refractivity contribution < 1.29 is 14.7 Å². The van der Waals surface area contributed by atoms with Gasteiger partial charge in [-0.05, 0) is 34.1 Å². The third-order valence-corrected chi connectivity index (χ3v) is 1.40. The SMILES string of the molecule is CC(N)CCN(O)C(=O)OC(C)(C)C. The second-order valence-corrected chi connectivity index (χ2v) is 4.37. The van der Waals surface area contributed by atoms with Gasteiger partial charge in [0.15, 0.2) is 0 Å². The first-order chi connectivity index (χ1) is 6.22. The van der Waals surface area contributed by atoms with Crippen molar-refractivity contribution in [3.8, 4) is 0 Å². The summed E-state index contributed by atoms with van der Waals surface area (Å²) in [5.74, 6) is 0. The van der Waals surface area contributed by atoms with E-state index in [9.17, 15) is 10.0 Å². The van der Waals surface area contributed by atoms with Crippen LogP contribution in [0.5, 0.6) is 0 Å². The largest absolute Gasteiger partial charge is 0.442 e. The highest BCUT2D eigenvalue weighted by atomic mass is 16.6. The van der Waals surface area contributed by atoms with Gasteiger partial charge in [0, 0.05) is 6.04 Å². The third kappa shape index (κ3) is 6.68. The minimum Gasteiger partial charge on any atom is -0.442 e. The van der Waals surface area contributed by atoms with Gasteiger partial charge in [-0.3, -0.25) is 5.21 Å². The number of carbonyl (C=O) groups is 1. The van der Waals surface area contributed by atoms with Gasteiger partial charge in [0.1, 0.15) is 5.60 Å². The van der Waals surface area contributed by atoms with Crippen LogP contribution in [0.1, 0.15) is 34.1 Å². The molecule has 1 unspecified atom stereocenters. The van der Waals surface area contributed by atoms with E-state index in [2.05, 4.69) is 0 Å². The number of amides is 1. The number of nitrogens with zero attached hydrogens (tertiary/aromatic N) is 1. The van der Waals surface area contributed by atoms with Crippen LogP contribution in [-0.4, -0.2) is 34.6 Å². The van der Waals surface area contributed by atoms with Gasteiger partial charge < -0.3 is 10.5 Å². The molecule has 0 aromatic carbocycles. The quantitative estimate of drug-likeness (QED) is 0.537. The van der Waals surface area contributed by atoms with Crippen LogP contribution in [0, 0.1) is 0 Å². The lowest BCUT2D eigenvalue weighted by Gasteiger charge is -2.23. The van der Waals surface area contributed by atoms with Crippen LogP contribution in [0.3, 0.4) is 0 Å². The molecule has 0 bridgehead atoms. The van der Waals surface area contributed by atoms with E-state index < -0.39 is 11.7 Å². The molecule has 84 valence electrons. The summed E-state index contributed by atoms with van der Waals surface area (Å²) in [6, 6.07) is -0.0490. The van der Waals surface area contributed by atoms with Crippen molar-refractivity contribution in [1.82, 2.24) is 5.06 Å². The summed E-state index contributed by atoms with van der Waals surface area (Å²) >= 11 is 0. The van der Waals surface area contributed by atoms with Crippen molar-refractivity contribution in [2.75, 3.05) is 6.54 Å². The van der Waals surface area contributed by atoms with Crippen LogP contribution >= 0.6 is 0 Å². The average molecular weight is 204 g/mol. The summed E-state index contributed by atoms with van der Waals surface area (Å²) in [4.78, 5) is 11.2. The maximum atomic E-state index is 11.2. The van der Waals surface area contributed by atoms with E-state index in [1.54, 1.807) is 20.8 Å². The molecule has 3 N–H and O–H groups in total. The smallest absolute Gasteiger partial charge is 0.434 e. The summed E-state index contributed by atoms with van der Waals surface area (Å²) < 4.78 is 4.93. The summed E-state index contributed by atoms with van der Waals surface area (Å²) in [5, 5.41) is 9.78. The minimum absolute atomic E-state index is 0.0490. The van der Waals surface area contributed by atoms with Crippen molar-refractivity contribution in [3.05, 3.63) is 0 Å². The number of carbonyl (C=O) groups excluding carboxylic acids is 1. The van der Waals surface area contributed by atoms with Gasteiger partial charge in [-0.2, -0.15) is 5.06 Å². The number of hydrogen-bond donors (Lipinski definition) is 2. The lowest BCUT2D eigenvalue weighted by atomic mass is 10.2. The molecule has 0 saturated heterocycles. The number of ether oxygens (including phenoxy) is 1. The number of rotatable bonds is 3. The third-order valence-electron chi connectivity index (χ3n) is 1.40. The van der Waals surface area contributed by atoms with Crippen LogP contribution < -0.4 is 5.73 Å². The first-order valence-corrected chi connectivity index (χ1v) is 4.67. The second-order valence-electron chi connectivity index (χ2n) is 4.37. The Kier molecular flexibility index (Phi) is 4.87. The Labute approximate surface area is 84.8 Å². The van der Waals surface area contributed by atoms with E-state index in [1.165, 1.54) is 0 Å². The van der Waals surface area contributed by atoms with Gasteiger partial charge >= 0.3 is 6.09 Å². The fourth-order valence-corrected chi connectivity index (χ4v) is 0.732. The van der Waals surface area contributed by atoms with Crippen LogP contribution in [0.15, 0.2) is 0 Å². The highest BCUT2D eigenvalue weighted by molar-refractivity contribution is 5.66. The minimum atomic E-state index is -0.738. The first-order valence-electron chi connectivity index (χ1n) is 4.67. The van der Waals surface area contributed by atoms with Crippen LogP contribution in [0.4, 0.5) is 4.79 Å². The Morgan fingerprint density at radius 3 is 2.43 bits per heavy atom.